The zero-order valence-electron chi connectivity index (χ0n) is 4.03. The lowest BCUT2D eigenvalue weighted by Gasteiger charge is -1.49. The van der Waals surface area contributed by atoms with Crippen molar-refractivity contribution in [3.05, 3.63) is 23.1 Å². The maximum Gasteiger partial charge on any atom is 0.518 e. The Labute approximate surface area is 45.9 Å². The van der Waals surface area contributed by atoms with E-state index in [1.807, 2.05) is 0 Å². The summed E-state index contributed by atoms with van der Waals surface area (Å²) in [5, 5.41) is 0. The van der Waals surface area contributed by atoms with E-state index in [0.29, 0.717) is 0 Å². The van der Waals surface area contributed by atoms with Crippen molar-refractivity contribution in [1.82, 2.24) is 0 Å². The molecule has 0 unspecified atom stereocenters. The Morgan fingerprint density at radius 3 is 1.75 bits per heavy atom. The first-order chi connectivity index (χ1) is 3.89. The van der Waals surface area contributed by atoms with Gasteiger partial charge in [-0.15, -0.1) is 12.8 Å². The first kappa shape index (κ1) is 6.57. The Morgan fingerprint density at radius 2 is 1.62 bits per heavy atom. The van der Waals surface area contributed by atoms with E-state index >= 15 is 0 Å². The molecule has 0 saturated heterocycles. The molecule has 0 aromatic carbocycles. The number of rotatable bonds is 0. The van der Waals surface area contributed by atoms with Crippen LogP contribution in [0.5, 0.6) is 0 Å². The van der Waals surface area contributed by atoms with E-state index in [-0.39, 0.29) is 0 Å². The molecule has 8 heavy (non-hydrogen) atoms. The first-order valence-corrected chi connectivity index (χ1v) is 1.75. The molecule has 1 heterocycles. The Bertz CT molecular complexity index is 176. The minimum Gasteiger partial charge on any atom is -0.399 e. The molecule has 42 valence electrons. The van der Waals surface area contributed by atoms with Crippen LogP contribution in [-0.2, 0) is 0 Å². The lowest BCUT2D eigenvalue weighted by atomic mass is 11.1. The normalized spacial score (nSPS) is 6.75. The smallest absolute Gasteiger partial charge is 0.399 e. The highest BCUT2D eigenvalue weighted by atomic mass is 16.5. The van der Waals surface area contributed by atoms with Crippen LogP contribution in [0.4, 0.5) is 0 Å². The standard InChI is InChI=1S/C3H2O3.C2H2/c4-3-5-1-2-6-3;1-2/h1-2H;1-2H. The predicted octanol–water partition coefficient (Wildman–Crippen LogP) is 0.482. The maximum absolute atomic E-state index is 9.74. The second-order valence-electron chi connectivity index (χ2n) is 0.758. The summed E-state index contributed by atoms with van der Waals surface area (Å²) in [5.74, 6) is -0.657. The number of hydrogen-bond acceptors (Lipinski definition) is 3. The van der Waals surface area contributed by atoms with Crippen LogP contribution in [0.15, 0.2) is 26.2 Å². The highest BCUT2D eigenvalue weighted by Crippen LogP contribution is 1.70. The molecule has 0 fully saturated rings. The average Bonchev–Trinajstić information content (AvgIpc) is 2.24. The third-order valence-electron chi connectivity index (χ3n) is 0.384. The van der Waals surface area contributed by atoms with Crippen LogP contribution >= 0.6 is 0 Å². The van der Waals surface area contributed by atoms with Gasteiger partial charge in [0.05, 0.1) is 0 Å². The minimum absolute atomic E-state index is 0.657. The Balaban J connectivity index is 0.000000222. The summed E-state index contributed by atoms with van der Waals surface area (Å²) in [6.07, 6.45) is 10.4. The van der Waals surface area contributed by atoms with Crippen LogP contribution in [0.25, 0.3) is 0 Å². The second kappa shape index (κ2) is 3.75. The van der Waals surface area contributed by atoms with Gasteiger partial charge in [-0.05, 0) is 0 Å². The van der Waals surface area contributed by atoms with Gasteiger partial charge in [0.2, 0.25) is 0 Å². The Kier molecular flexibility index (Phi) is 3.08. The first-order valence-electron chi connectivity index (χ1n) is 1.75. The van der Waals surface area contributed by atoms with Crippen molar-refractivity contribution in [1.29, 1.82) is 0 Å². The molecule has 0 saturated carbocycles. The summed E-state index contributed by atoms with van der Waals surface area (Å²) in [6, 6.07) is 0. The summed E-state index contributed by atoms with van der Waals surface area (Å²) >= 11 is 0. The summed E-state index contributed by atoms with van der Waals surface area (Å²) in [5.41, 5.74) is 0. The van der Waals surface area contributed by atoms with Crippen LogP contribution in [0, 0.1) is 12.8 Å². The molecule has 1 aromatic rings. The molecule has 1 rings (SSSR count). The molecule has 0 spiro atoms. The third-order valence-corrected chi connectivity index (χ3v) is 0.384. The molecule has 0 atom stereocenters. The van der Waals surface area contributed by atoms with E-state index in [1.165, 1.54) is 12.5 Å². The van der Waals surface area contributed by atoms with Gasteiger partial charge < -0.3 is 8.83 Å². The summed E-state index contributed by atoms with van der Waals surface area (Å²) in [4.78, 5) is 9.74. The molecule has 3 heteroatoms. The van der Waals surface area contributed by atoms with Crippen LogP contribution in [0.3, 0.4) is 0 Å². The van der Waals surface area contributed by atoms with Crippen molar-refractivity contribution >= 4 is 0 Å². The van der Waals surface area contributed by atoms with Gasteiger partial charge in [-0.25, -0.2) is 4.79 Å². The van der Waals surface area contributed by atoms with E-state index in [4.69, 9.17) is 0 Å². The van der Waals surface area contributed by atoms with Gasteiger partial charge in [0, 0.05) is 0 Å². The van der Waals surface area contributed by atoms with Crippen molar-refractivity contribution in [3.63, 3.8) is 0 Å². The van der Waals surface area contributed by atoms with Gasteiger partial charge in [-0.3, -0.25) is 0 Å². The zero-order chi connectivity index (χ0) is 6.41. The number of terminal acetylenes is 1. The van der Waals surface area contributed by atoms with Gasteiger partial charge in [-0.2, -0.15) is 0 Å². The molecule has 0 aliphatic heterocycles. The second-order valence-corrected chi connectivity index (χ2v) is 0.758. The molecule has 0 bridgehead atoms. The molecular weight excluding hydrogens is 108 g/mol. The van der Waals surface area contributed by atoms with E-state index in [0.717, 1.165) is 0 Å². The topological polar surface area (TPSA) is 43.4 Å². The van der Waals surface area contributed by atoms with Crippen LogP contribution in [0.2, 0.25) is 0 Å². The maximum atomic E-state index is 9.74. The van der Waals surface area contributed by atoms with Crippen molar-refractivity contribution < 1.29 is 8.83 Å². The summed E-state index contributed by atoms with van der Waals surface area (Å²) in [6.45, 7) is 0. The van der Waals surface area contributed by atoms with E-state index < -0.39 is 5.82 Å². The highest BCUT2D eigenvalue weighted by Gasteiger charge is 1.77. The molecular formula is C5H4O3. The van der Waals surface area contributed by atoms with Crippen molar-refractivity contribution in [2.45, 2.75) is 0 Å². The summed E-state index contributed by atoms with van der Waals surface area (Å²) in [7, 11) is 0. The fourth-order valence-electron chi connectivity index (χ4n) is 0.194. The van der Waals surface area contributed by atoms with Gasteiger partial charge in [-0.1, -0.05) is 0 Å². The lowest BCUT2D eigenvalue weighted by molar-refractivity contribution is 0.385. The van der Waals surface area contributed by atoms with E-state index in [1.54, 1.807) is 0 Å². The number of hydrogen-bond donors (Lipinski definition) is 0. The quantitative estimate of drug-likeness (QED) is 0.458. The zero-order valence-corrected chi connectivity index (χ0v) is 4.03. The van der Waals surface area contributed by atoms with Crippen molar-refractivity contribution in [2.24, 2.45) is 0 Å². The molecule has 0 N–H and O–H groups in total. The van der Waals surface area contributed by atoms with Crippen LogP contribution in [0.1, 0.15) is 0 Å². The van der Waals surface area contributed by atoms with Crippen molar-refractivity contribution in [3.8, 4) is 12.8 Å². The van der Waals surface area contributed by atoms with E-state index in [9.17, 15) is 4.79 Å². The van der Waals surface area contributed by atoms with Crippen molar-refractivity contribution in [2.75, 3.05) is 0 Å². The summed E-state index contributed by atoms with van der Waals surface area (Å²) < 4.78 is 8.22. The largest absolute Gasteiger partial charge is 0.518 e. The van der Waals surface area contributed by atoms with Gasteiger partial charge in [0.25, 0.3) is 0 Å². The molecule has 0 aliphatic carbocycles. The molecule has 0 amide bonds. The minimum atomic E-state index is -0.657. The SMILES string of the molecule is C#C.O=c1occo1. The van der Waals surface area contributed by atoms with Crippen LogP contribution in [-0.4, -0.2) is 0 Å². The lowest BCUT2D eigenvalue weighted by Crippen LogP contribution is -1.83. The Hall–Kier alpha value is -1.43. The molecule has 1 aromatic heterocycles. The molecule has 3 nitrogen and oxygen atoms in total. The highest BCUT2D eigenvalue weighted by molar-refractivity contribution is 4.49. The molecule has 0 aliphatic rings. The van der Waals surface area contributed by atoms with Gasteiger partial charge in [0.1, 0.15) is 12.5 Å². The average molecular weight is 112 g/mol. The van der Waals surface area contributed by atoms with E-state index in [2.05, 4.69) is 21.7 Å². The molecule has 0 radical (unpaired) electrons. The van der Waals surface area contributed by atoms with Crippen LogP contribution < -0.4 is 5.82 Å². The Morgan fingerprint density at radius 1 is 1.25 bits per heavy atom. The predicted molar refractivity (Wildman–Crippen MR) is 27.1 cm³/mol. The monoisotopic (exact) mass is 112 g/mol. The van der Waals surface area contributed by atoms with Gasteiger partial charge in [0.15, 0.2) is 0 Å². The third kappa shape index (κ3) is 1.88. The fraction of sp³-hybridized carbons (Fsp3) is 0. The van der Waals surface area contributed by atoms with Gasteiger partial charge >= 0.3 is 5.82 Å². The fourth-order valence-corrected chi connectivity index (χ4v) is 0.194.